The third kappa shape index (κ3) is 4.71. The predicted octanol–water partition coefficient (Wildman–Crippen LogP) is 2.57. The van der Waals surface area contributed by atoms with Crippen LogP contribution in [-0.4, -0.2) is 28.8 Å². The van der Waals surface area contributed by atoms with Crippen molar-refractivity contribution in [3.05, 3.63) is 47.2 Å². The van der Waals surface area contributed by atoms with Gasteiger partial charge in [-0.25, -0.2) is 0 Å². The third-order valence-corrected chi connectivity index (χ3v) is 2.77. The highest BCUT2D eigenvalue weighted by Gasteiger charge is 2.07. The summed E-state index contributed by atoms with van der Waals surface area (Å²) < 4.78 is 29.8. The van der Waals surface area contributed by atoms with Crippen molar-refractivity contribution in [3.8, 4) is 5.75 Å². The number of carbonyl (C=O) groups excluding carboxylic acids is 1. The summed E-state index contributed by atoms with van der Waals surface area (Å²) in [5.74, 6) is -0.301. The van der Waals surface area contributed by atoms with Crippen LogP contribution >= 0.6 is 11.6 Å². The molecule has 21 heavy (non-hydrogen) atoms. The van der Waals surface area contributed by atoms with Crippen molar-refractivity contribution in [2.24, 2.45) is 0 Å². The molecule has 0 fully saturated rings. The molecule has 0 unspecified atom stereocenters. The third-order valence-electron chi connectivity index (χ3n) is 2.57. The molecule has 1 heterocycles. The lowest BCUT2D eigenvalue weighted by molar-refractivity contribution is -0.0498. The van der Waals surface area contributed by atoms with Crippen LogP contribution in [0, 0.1) is 0 Å². The van der Waals surface area contributed by atoms with Gasteiger partial charge in [0.25, 0.3) is 5.91 Å². The average Bonchev–Trinajstić information content (AvgIpc) is 2.84. The Labute approximate surface area is 124 Å². The van der Waals surface area contributed by atoms with Crippen LogP contribution in [0.25, 0.3) is 0 Å². The van der Waals surface area contributed by atoms with Crippen LogP contribution in [0.2, 0.25) is 5.02 Å². The van der Waals surface area contributed by atoms with Crippen molar-refractivity contribution in [1.82, 2.24) is 15.1 Å². The SMILES string of the molecule is O=C(NCCn1cc(Cl)cn1)c1ccc(OC(F)F)cc1. The van der Waals surface area contributed by atoms with Gasteiger partial charge in [0.05, 0.1) is 17.8 Å². The van der Waals surface area contributed by atoms with Gasteiger partial charge in [0.1, 0.15) is 5.75 Å². The van der Waals surface area contributed by atoms with Crippen molar-refractivity contribution in [1.29, 1.82) is 0 Å². The van der Waals surface area contributed by atoms with E-state index in [-0.39, 0.29) is 11.7 Å². The lowest BCUT2D eigenvalue weighted by atomic mass is 10.2. The number of ether oxygens (including phenoxy) is 1. The maximum absolute atomic E-state index is 12.0. The number of rotatable bonds is 6. The van der Waals surface area contributed by atoms with E-state index in [0.717, 1.165) is 0 Å². The number of nitrogens with one attached hydrogen (secondary N) is 1. The second kappa shape index (κ2) is 7.03. The molecule has 0 saturated heterocycles. The Morgan fingerprint density at radius 1 is 1.38 bits per heavy atom. The van der Waals surface area contributed by atoms with Crippen LogP contribution in [0.3, 0.4) is 0 Å². The first-order chi connectivity index (χ1) is 10.0. The van der Waals surface area contributed by atoms with E-state index in [1.165, 1.54) is 30.5 Å². The molecule has 0 aliphatic carbocycles. The number of hydrogen-bond acceptors (Lipinski definition) is 3. The molecular formula is C13H12ClF2N3O2. The van der Waals surface area contributed by atoms with Crippen molar-refractivity contribution < 1.29 is 18.3 Å². The summed E-state index contributed by atoms with van der Waals surface area (Å²) >= 11 is 5.71. The standard InChI is InChI=1S/C13H12ClF2N3O2/c14-10-7-18-19(8-10)6-5-17-12(20)9-1-3-11(4-2-9)21-13(15)16/h1-4,7-8,13H,5-6H2,(H,17,20). The summed E-state index contributed by atoms with van der Waals surface area (Å²) in [6.45, 7) is -2.04. The molecule has 0 aliphatic rings. The highest BCUT2D eigenvalue weighted by molar-refractivity contribution is 6.30. The first-order valence-corrected chi connectivity index (χ1v) is 6.43. The molecular weight excluding hydrogens is 304 g/mol. The van der Waals surface area contributed by atoms with Crippen LogP contribution in [0.1, 0.15) is 10.4 Å². The highest BCUT2D eigenvalue weighted by Crippen LogP contribution is 2.14. The number of amides is 1. The summed E-state index contributed by atoms with van der Waals surface area (Å²) in [7, 11) is 0. The van der Waals surface area contributed by atoms with Crippen LogP contribution in [0.4, 0.5) is 8.78 Å². The first kappa shape index (κ1) is 15.2. The predicted molar refractivity (Wildman–Crippen MR) is 72.6 cm³/mol. The Morgan fingerprint density at radius 3 is 2.67 bits per heavy atom. The maximum atomic E-state index is 12.0. The van der Waals surface area contributed by atoms with Gasteiger partial charge in [-0.2, -0.15) is 13.9 Å². The van der Waals surface area contributed by atoms with Crippen molar-refractivity contribution >= 4 is 17.5 Å². The van der Waals surface area contributed by atoms with Gasteiger partial charge in [0.2, 0.25) is 0 Å². The number of hydrogen-bond donors (Lipinski definition) is 1. The van der Waals surface area contributed by atoms with Gasteiger partial charge in [-0.05, 0) is 24.3 Å². The molecule has 1 amide bonds. The van der Waals surface area contributed by atoms with Gasteiger partial charge < -0.3 is 10.1 Å². The average molecular weight is 316 g/mol. The molecule has 2 rings (SSSR count). The normalized spacial score (nSPS) is 10.7. The molecule has 1 aromatic carbocycles. The summed E-state index contributed by atoms with van der Waals surface area (Å²) in [6, 6.07) is 5.46. The second-order valence-corrected chi connectivity index (χ2v) is 4.52. The summed E-state index contributed by atoms with van der Waals surface area (Å²) in [6.07, 6.45) is 3.15. The zero-order chi connectivity index (χ0) is 15.2. The number of alkyl halides is 2. The molecule has 8 heteroatoms. The van der Waals surface area contributed by atoms with E-state index in [2.05, 4.69) is 15.2 Å². The molecule has 0 saturated carbocycles. The lowest BCUT2D eigenvalue weighted by Crippen LogP contribution is -2.27. The van der Waals surface area contributed by atoms with E-state index in [0.29, 0.717) is 23.7 Å². The molecule has 2 aromatic rings. The van der Waals surface area contributed by atoms with Gasteiger partial charge in [-0.3, -0.25) is 9.48 Å². The van der Waals surface area contributed by atoms with Crippen molar-refractivity contribution in [2.75, 3.05) is 6.54 Å². The minimum absolute atomic E-state index is 0.00716. The van der Waals surface area contributed by atoms with Crippen LogP contribution in [0.15, 0.2) is 36.7 Å². The van der Waals surface area contributed by atoms with Gasteiger partial charge >= 0.3 is 6.61 Å². The Bertz CT molecular complexity index is 602. The topological polar surface area (TPSA) is 56.2 Å². The number of aromatic nitrogens is 2. The summed E-state index contributed by atoms with van der Waals surface area (Å²) in [5.41, 5.74) is 0.357. The minimum Gasteiger partial charge on any atom is -0.435 e. The summed E-state index contributed by atoms with van der Waals surface area (Å²) in [4.78, 5) is 11.8. The molecule has 0 bridgehead atoms. The van der Waals surface area contributed by atoms with E-state index in [1.807, 2.05) is 0 Å². The fraction of sp³-hybridized carbons (Fsp3) is 0.231. The van der Waals surface area contributed by atoms with E-state index < -0.39 is 6.61 Å². The largest absolute Gasteiger partial charge is 0.435 e. The Kier molecular flexibility index (Phi) is 5.10. The summed E-state index contributed by atoms with van der Waals surface area (Å²) in [5, 5.41) is 7.18. The van der Waals surface area contributed by atoms with Crippen molar-refractivity contribution in [2.45, 2.75) is 13.2 Å². The molecule has 0 radical (unpaired) electrons. The fourth-order valence-corrected chi connectivity index (χ4v) is 1.79. The minimum atomic E-state index is -2.88. The second-order valence-electron chi connectivity index (χ2n) is 4.08. The number of benzene rings is 1. The Morgan fingerprint density at radius 2 is 2.10 bits per heavy atom. The van der Waals surface area contributed by atoms with Crippen LogP contribution < -0.4 is 10.1 Å². The molecule has 0 aliphatic heterocycles. The van der Waals surface area contributed by atoms with Crippen LogP contribution in [0.5, 0.6) is 5.75 Å². The number of halogens is 3. The van der Waals surface area contributed by atoms with E-state index in [9.17, 15) is 13.6 Å². The maximum Gasteiger partial charge on any atom is 0.387 e. The van der Waals surface area contributed by atoms with Crippen molar-refractivity contribution in [3.63, 3.8) is 0 Å². The van der Waals surface area contributed by atoms with E-state index in [1.54, 1.807) is 10.9 Å². The highest BCUT2D eigenvalue weighted by atomic mass is 35.5. The number of carbonyl (C=O) groups is 1. The molecule has 5 nitrogen and oxygen atoms in total. The fourth-order valence-electron chi connectivity index (χ4n) is 1.63. The van der Waals surface area contributed by atoms with Crippen LogP contribution in [-0.2, 0) is 6.54 Å². The van der Waals surface area contributed by atoms with Gasteiger partial charge in [-0.1, -0.05) is 11.6 Å². The lowest BCUT2D eigenvalue weighted by Gasteiger charge is -2.07. The molecule has 112 valence electrons. The van der Waals surface area contributed by atoms with Gasteiger partial charge in [0.15, 0.2) is 0 Å². The first-order valence-electron chi connectivity index (χ1n) is 6.05. The smallest absolute Gasteiger partial charge is 0.387 e. The zero-order valence-electron chi connectivity index (χ0n) is 10.8. The number of nitrogens with zero attached hydrogens (tertiary/aromatic N) is 2. The van der Waals surface area contributed by atoms with E-state index in [4.69, 9.17) is 11.6 Å². The molecule has 0 atom stereocenters. The zero-order valence-corrected chi connectivity index (χ0v) is 11.6. The Hall–Kier alpha value is -2.15. The Balaban J connectivity index is 1.82. The molecule has 1 aromatic heterocycles. The molecule has 0 spiro atoms. The molecule has 1 N–H and O–H groups in total. The quantitative estimate of drug-likeness (QED) is 0.891. The van der Waals surface area contributed by atoms with E-state index >= 15 is 0 Å². The monoisotopic (exact) mass is 315 g/mol. The van der Waals surface area contributed by atoms with Gasteiger partial charge in [0, 0.05) is 18.3 Å². The van der Waals surface area contributed by atoms with Gasteiger partial charge in [-0.15, -0.1) is 0 Å².